The smallest absolute Gasteiger partial charge is 0.224 e. The number of benzene rings is 2. The molecule has 0 aliphatic rings. The van der Waals surface area contributed by atoms with Crippen LogP contribution in [0, 0.1) is 13.8 Å². The number of hydrogen-bond acceptors (Lipinski definition) is 3. The summed E-state index contributed by atoms with van der Waals surface area (Å²) in [7, 11) is 3.10. The highest BCUT2D eigenvalue weighted by Crippen LogP contribution is 2.36. The van der Waals surface area contributed by atoms with E-state index in [9.17, 15) is 4.79 Å². The lowest BCUT2D eigenvalue weighted by atomic mass is 10.1. The summed E-state index contributed by atoms with van der Waals surface area (Å²) < 4.78 is 10.5. The normalized spacial score (nSPS) is 10.4. The first kappa shape index (κ1) is 18.1. The van der Waals surface area contributed by atoms with Crippen LogP contribution in [0.2, 0.25) is 5.02 Å². The molecule has 5 heteroatoms. The number of halogens is 1. The standard InChI is InChI=1S/C19H22ClNO3/c1-12-5-6-13(2)16(9-12)21-18(22)8-7-14-10-15(20)19(24-4)17(11-14)23-3/h5-6,9-11H,7-8H2,1-4H3,(H,21,22). The lowest BCUT2D eigenvalue weighted by molar-refractivity contribution is -0.116. The van der Waals surface area contributed by atoms with Gasteiger partial charge in [0.05, 0.1) is 19.2 Å². The van der Waals surface area contributed by atoms with Crippen molar-refractivity contribution in [2.75, 3.05) is 19.5 Å². The van der Waals surface area contributed by atoms with Gasteiger partial charge in [-0.05, 0) is 55.2 Å². The summed E-state index contributed by atoms with van der Waals surface area (Å²) >= 11 is 6.19. The Morgan fingerprint density at radius 3 is 2.54 bits per heavy atom. The molecule has 0 spiro atoms. The van der Waals surface area contributed by atoms with Gasteiger partial charge >= 0.3 is 0 Å². The summed E-state index contributed by atoms with van der Waals surface area (Å²) in [6.07, 6.45) is 0.927. The van der Waals surface area contributed by atoms with E-state index in [1.165, 1.54) is 0 Å². The molecule has 0 heterocycles. The molecule has 2 rings (SSSR count). The van der Waals surface area contributed by atoms with E-state index in [1.54, 1.807) is 20.3 Å². The molecular weight excluding hydrogens is 326 g/mol. The minimum Gasteiger partial charge on any atom is -0.493 e. The minimum atomic E-state index is -0.0328. The van der Waals surface area contributed by atoms with Crippen molar-refractivity contribution in [3.8, 4) is 11.5 Å². The second-order valence-electron chi connectivity index (χ2n) is 5.68. The molecule has 0 aliphatic heterocycles. The Morgan fingerprint density at radius 2 is 1.88 bits per heavy atom. The maximum absolute atomic E-state index is 12.2. The number of ether oxygens (including phenoxy) is 2. The average Bonchev–Trinajstić information content (AvgIpc) is 2.55. The van der Waals surface area contributed by atoms with Crippen molar-refractivity contribution in [1.29, 1.82) is 0 Å². The third-order valence-electron chi connectivity index (χ3n) is 3.80. The molecule has 0 bridgehead atoms. The summed E-state index contributed by atoms with van der Waals surface area (Å²) in [5.41, 5.74) is 3.93. The van der Waals surface area contributed by atoms with Crippen LogP contribution in [0.15, 0.2) is 30.3 Å². The predicted molar refractivity (Wildman–Crippen MR) is 97.4 cm³/mol. The van der Waals surface area contributed by atoms with E-state index in [1.807, 2.05) is 38.1 Å². The maximum atomic E-state index is 12.2. The van der Waals surface area contributed by atoms with E-state index >= 15 is 0 Å². The average molecular weight is 348 g/mol. The zero-order chi connectivity index (χ0) is 17.7. The Hall–Kier alpha value is -2.20. The predicted octanol–water partition coefficient (Wildman–Crippen LogP) is 4.55. The van der Waals surface area contributed by atoms with Gasteiger partial charge in [0.1, 0.15) is 0 Å². The van der Waals surface area contributed by atoms with Crippen molar-refractivity contribution in [3.63, 3.8) is 0 Å². The summed E-state index contributed by atoms with van der Waals surface area (Å²) in [6, 6.07) is 9.64. The molecular formula is C19H22ClNO3. The van der Waals surface area contributed by atoms with Crippen molar-refractivity contribution in [3.05, 3.63) is 52.0 Å². The van der Waals surface area contributed by atoms with Gasteiger partial charge in [0.15, 0.2) is 11.5 Å². The van der Waals surface area contributed by atoms with Crippen molar-refractivity contribution >= 4 is 23.2 Å². The van der Waals surface area contributed by atoms with Gasteiger partial charge in [0.2, 0.25) is 5.91 Å². The van der Waals surface area contributed by atoms with Crippen LogP contribution in [0.3, 0.4) is 0 Å². The highest BCUT2D eigenvalue weighted by Gasteiger charge is 2.12. The van der Waals surface area contributed by atoms with Crippen LogP contribution in [0.1, 0.15) is 23.1 Å². The molecule has 0 radical (unpaired) electrons. The Bertz CT molecular complexity index is 744. The van der Waals surface area contributed by atoms with Crippen LogP contribution in [-0.4, -0.2) is 20.1 Å². The third kappa shape index (κ3) is 4.42. The van der Waals surface area contributed by atoms with Gasteiger partial charge < -0.3 is 14.8 Å². The van der Waals surface area contributed by atoms with E-state index in [0.29, 0.717) is 29.4 Å². The Kier molecular flexibility index (Phi) is 6.10. The van der Waals surface area contributed by atoms with Gasteiger partial charge in [-0.1, -0.05) is 23.7 Å². The van der Waals surface area contributed by atoms with E-state index in [-0.39, 0.29) is 5.91 Å². The molecule has 2 aromatic rings. The van der Waals surface area contributed by atoms with Crippen LogP contribution < -0.4 is 14.8 Å². The number of methoxy groups -OCH3 is 2. The first-order valence-corrected chi connectivity index (χ1v) is 8.10. The van der Waals surface area contributed by atoms with Crippen molar-refractivity contribution in [2.24, 2.45) is 0 Å². The highest BCUT2D eigenvalue weighted by molar-refractivity contribution is 6.32. The van der Waals surface area contributed by atoms with Crippen LogP contribution in [0.4, 0.5) is 5.69 Å². The number of amides is 1. The molecule has 0 saturated carbocycles. The molecule has 2 aromatic carbocycles. The highest BCUT2D eigenvalue weighted by atomic mass is 35.5. The van der Waals surface area contributed by atoms with Crippen molar-refractivity contribution < 1.29 is 14.3 Å². The van der Waals surface area contributed by atoms with Gasteiger partial charge in [-0.3, -0.25) is 4.79 Å². The van der Waals surface area contributed by atoms with E-state index in [4.69, 9.17) is 21.1 Å². The number of rotatable bonds is 6. The lowest BCUT2D eigenvalue weighted by Gasteiger charge is -2.12. The SMILES string of the molecule is COc1cc(CCC(=O)Nc2cc(C)ccc2C)cc(Cl)c1OC. The molecule has 0 unspecified atom stereocenters. The second-order valence-corrected chi connectivity index (χ2v) is 6.09. The molecule has 128 valence electrons. The van der Waals surface area contributed by atoms with E-state index in [0.717, 1.165) is 22.4 Å². The van der Waals surface area contributed by atoms with Crippen LogP contribution in [-0.2, 0) is 11.2 Å². The first-order valence-electron chi connectivity index (χ1n) is 7.72. The second kappa shape index (κ2) is 8.06. The Morgan fingerprint density at radius 1 is 1.12 bits per heavy atom. The van der Waals surface area contributed by atoms with Crippen LogP contribution >= 0.6 is 11.6 Å². The number of aryl methyl sites for hydroxylation is 3. The Labute approximate surface area is 147 Å². The molecule has 0 fully saturated rings. The number of carbonyl (C=O) groups excluding carboxylic acids is 1. The molecule has 4 nitrogen and oxygen atoms in total. The molecule has 0 aliphatic carbocycles. The van der Waals surface area contributed by atoms with Crippen LogP contribution in [0.25, 0.3) is 0 Å². The molecule has 0 aromatic heterocycles. The van der Waals surface area contributed by atoms with Gasteiger partial charge in [-0.2, -0.15) is 0 Å². The number of nitrogens with one attached hydrogen (secondary N) is 1. The minimum absolute atomic E-state index is 0.0328. The van der Waals surface area contributed by atoms with Crippen molar-refractivity contribution in [1.82, 2.24) is 0 Å². The zero-order valence-electron chi connectivity index (χ0n) is 14.4. The fraction of sp³-hybridized carbons (Fsp3) is 0.316. The quantitative estimate of drug-likeness (QED) is 0.834. The van der Waals surface area contributed by atoms with Crippen molar-refractivity contribution in [2.45, 2.75) is 26.7 Å². The van der Waals surface area contributed by atoms with E-state index < -0.39 is 0 Å². The van der Waals surface area contributed by atoms with Gasteiger partial charge in [0, 0.05) is 12.1 Å². The van der Waals surface area contributed by atoms with E-state index in [2.05, 4.69) is 5.32 Å². The molecule has 1 N–H and O–H groups in total. The first-order chi connectivity index (χ1) is 11.4. The third-order valence-corrected chi connectivity index (χ3v) is 4.08. The molecule has 0 atom stereocenters. The Balaban J connectivity index is 2.04. The van der Waals surface area contributed by atoms with Gasteiger partial charge in [-0.25, -0.2) is 0 Å². The zero-order valence-corrected chi connectivity index (χ0v) is 15.2. The number of carbonyl (C=O) groups is 1. The molecule has 1 amide bonds. The largest absolute Gasteiger partial charge is 0.493 e. The fourth-order valence-electron chi connectivity index (χ4n) is 2.46. The fourth-order valence-corrected chi connectivity index (χ4v) is 2.77. The topological polar surface area (TPSA) is 47.6 Å². The number of anilines is 1. The summed E-state index contributed by atoms with van der Waals surface area (Å²) in [4.78, 5) is 12.2. The molecule has 0 saturated heterocycles. The van der Waals surface area contributed by atoms with Gasteiger partial charge in [-0.15, -0.1) is 0 Å². The maximum Gasteiger partial charge on any atom is 0.224 e. The summed E-state index contributed by atoms with van der Waals surface area (Å²) in [5.74, 6) is 1.03. The molecule has 24 heavy (non-hydrogen) atoms. The van der Waals surface area contributed by atoms with Gasteiger partial charge in [0.25, 0.3) is 0 Å². The monoisotopic (exact) mass is 347 g/mol. The summed E-state index contributed by atoms with van der Waals surface area (Å²) in [5, 5.41) is 3.43. The van der Waals surface area contributed by atoms with Crippen LogP contribution in [0.5, 0.6) is 11.5 Å². The lowest BCUT2D eigenvalue weighted by Crippen LogP contribution is -2.13. The summed E-state index contributed by atoms with van der Waals surface area (Å²) in [6.45, 7) is 3.98. The number of hydrogen-bond donors (Lipinski definition) is 1.